The number of rotatable bonds is 4. The van der Waals surface area contributed by atoms with E-state index in [9.17, 15) is 10.1 Å². The first-order chi connectivity index (χ1) is 9.81. The number of hydrogen-bond acceptors (Lipinski definition) is 3. The quantitative estimate of drug-likeness (QED) is 0.581. The predicted molar refractivity (Wildman–Crippen MR) is 83.8 cm³/mol. The molecule has 0 aliphatic carbocycles. The fourth-order valence-corrected chi connectivity index (χ4v) is 2.74. The number of halogens is 3. The Labute approximate surface area is 136 Å². The van der Waals surface area contributed by atoms with Crippen molar-refractivity contribution in [3.63, 3.8) is 0 Å². The lowest BCUT2D eigenvalue weighted by Gasteiger charge is -2.05. The summed E-state index contributed by atoms with van der Waals surface area (Å²) >= 11 is 18.1. The molecule has 2 rings (SSSR count). The molecular weight excluding hydrogens is 337 g/mol. The fraction of sp³-hybridized carbons (Fsp3) is 0.308. The van der Waals surface area contributed by atoms with Crippen LogP contribution in [0.25, 0.3) is 5.69 Å². The second-order valence-corrected chi connectivity index (χ2v) is 6.15. The molecular formula is C13H12Cl3N3O2. The Kier molecular flexibility index (Phi) is 4.76. The first kappa shape index (κ1) is 16.1. The molecule has 0 saturated heterocycles. The predicted octanol–water partition coefficient (Wildman–Crippen LogP) is 4.94. The van der Waals surface area contributed by atoms with E-state index in [-0.39, 0.29) is 16.8 Å². The van der Waals surface area contributed by atoms with Gasteiger partial charge in [0.2, 0.25) is 5.15 Å². The Balaban J connectivity index is 2.62. The lowest BCUT2D eigenvalue weighted by atomic mass is 10.1. The standard InChI is InChI=1S/C13H12Cl3N3O2/c1-7(2)5-10-12(19(20)21)13(16)18(17-10)11-4-3-8(14)6-9(11)15/h3-4,6-7H,5H2,1-2H3. The highest BCUT2D eigenvalue weighted by atomic mass is 35.5. The van der Waals surface area contributed by atoms with Crippen molar-refractivity contribution in [1.29, 1.82) is 0 Å². The van der Waals surface area contributed by atoms with Gasteiger partial charge < -0.3 is 0 Å². The van der Waals surface area contributed by atoms with E-state index in [0.717, 1.165) is 0 Å². The highest BCUT2D eigenvalue weighted by molar-refractivity contribution is 6.36. The summed E-state index contributed by atoms with van der Waals surface area (Å²) in [5.74, 6) is 0.212. The van der Waals surface area contributed by atoms with Gasteiger partial charge in [0.1, 0.15) is 5.69 Å². The summed E-state index contributed by atoms with van der Waals surface area (Å²) in [6, 6.07) is 4.77. The smallest absolute Gasteiger partial charge is 0.258 e. The van der Waals surface area contributed by atoms with Gasteiger partial charge in [-0.15, -0.1) is 0 Å². The molecule has 0 fully saturated rings. The monoisotopic (exact) mass is 347 g/mol. The Morgan fingerprint density at radius 2 is 2.00 bits per heavy atom. The molecule has 1 aromatic carbocycles. The van der Waals surface area contributed by atoms with Crippen molar-refractivity contribution in [3.05, 3.63) is 49.2 Å². The number of aromatic nitrogens is 2. The summed E-state index contributed by atoms with van der Waals surface area (Å²) in [4.78, 5) is 10.7. The molecule has 0 atom stereocenters. The zero-order valence-corrected chi connectivity index (χ0v) is 13.6. The lowest BCUT2D eigenvalue weighted by Crippen LogP contribution is -2.01. The summed E-state index contributed by atoms with van der Waals surface area (Å²) < 4.78 is 1.27. The molecule has 0 N–H and O–H groups in total. The third-order valence-corrected chi connectivity index (χ3v) is 3.67. The minimum atomic E-state index is -0.520. The lowest BCUT2D eigenvalue weighted by molar-refractivity contribution is -0.385. The zero-order chi connectivity index (χ0) is 15.7. The van der Waals surface area contributed by atoms with Crippen LogP contribution in [0.2, 0.25) is 15.2 Å². The molecule has 0 amide bonds. The molecule has 5 nitrogen and oxygen atoms in total. The van der Waals surface area contributed by atoms with Crippen LogP contribution in [0.1, 0.15) is 19.5 Å². The van der Waals surface area contributed by atoms with Gasteiger partial charge in [0.25, 0.3) is 0 Å². The van der Waals surface area contributed by atoms with Crippen molar-refractivity contribution in [2.75, 3.05) is 0 Å². The van der Waals surface area contributed by atoms with Crippen LogP contribution in [0.5, 0.6) is 0 Å². The van der Waals surface area contributed by atoms with Crippen LogP contribution >= 0.6 is 34.8 Å². The molecule has 0 spiro atoms. The summed E-state index contributed by atoms with van der Waals surface area (Å²) in [6.07, 6.45) is 0.453. The van der Waals surface area contributed by atoms with E-state index in [1.807, 2.05) is 13.8 Å². The Morgan fingerprint density at radius 1 is 1.33 bits per heavy atom. The van der Waals surface area contributed by atoms with Crippen molar-refractivity contribution < 1.29 is 4.92 Å². The van der Waals surface area contributed by atoms with Crippen molar-refractivity contribution in [2.24, 2.45) is 5.92 Å². The highest BCUT2D eigenvalue weighted by Crippen LogP contribution is 2.34. The van der Waals surface area contributed by atoms with Crippen LogP contribution in [0.15, 0.2) is 18.2 Å². The third-order valence-electron chi connectivity index (χ3n) is 2.80. The van der Waals surface area contributed by atoms with E-state index in [4.69, 9.17) is 34.8 Å². The second-order valence-electron chi connectivity index (χ2n) is 4.95. The molecule has 0 aliphatic rings. The van der Waals surface area contributed by atoms with Crippen molar-refractivity contribution >= 4 is 40.5 Å². The molecule has 8 heteroatoms. The van der Waals surface area contributed by atoms with Crippen LogP contribution < -0.4 is 0 Å². The summed E-state index contributed by atoms with van der Waals surface area (Å²) in [5, 5.41) is 16.2. The average Bonchev–Trinajstić information content (AvgIpc) is 2.65. The molecule has 112 valence electrons. The summed E-state index contributed by atoms with van der Waals surface area (Å²) in [6.45, 7) is 3.90. The maximum absolute atomic E-state index is 11.2. The minimum absolute atomic E-state index is 0.0696. The van der Waals surface area contributed by atoms with Crippen LogP contribution in [0.3, 0.4) is 0 Å². The van der Waals surface area contributed by atoms with E-state index in [1.54, 1.807) is 12.1 Å². The van der Waals surface area contributed by atoms with E-state index in [2.05, 4.69) is 5.10 Å². The largest absolute Gasteiger partial charge is 0.329 e. The van der Waals surface area contributed by atoms with Gasteiger partial charge in [-0.05, 0) is 24.1 Å². The van der Waals surface area contributed by atoms with E-state index in [0.29, 0.717) is 27.8 Å². The maximum atomic E-state index is 11.2. The van der Waals surface area contributed by atoms with Crippen molar-refractivity contribution in [2.45, 2.75) is 20.3 Å². The minimum Gasteiger partial charge on any atom is -0.258 e. The van der Waals surface area contributed by atoms with Gasteiger partial charge >= 0.3 is 5.69 Å². The van der Waals surface area contributed by atoms with Crippen LogP contribution in [0.4, 0.5) is 5.69 Å². The van der Waals surface area contributed by atoms with E-state index < -0.39 is 4.92 Å². The zero-order valence-electron chi connectivity index (χ0n) is 11.3. The fourth-order valence-electron chi connectivity index (χ4n) is 1.95. The van der Waals surface area contributed by atoms with Crippen molar-refractivity contribution in [1.82, 2.24) is 9.78 Å². The molecule has 1 aromatic heterocycles. The van der Waals surface area contributed by atoms with Gasteiger partial charge in [-0.3, -0.25) is 10.1 Å². The molecule has 0 bridgehead atoms. The van der Waals surface area contributed by atoms with Gasteiger partial charge in [0.15, 0.2) is 0 Å². The Morgan fingerprint density at radius 3 is 2.52 bits per heavy atom. The Bertz CT molecular complexity index is 698. The molecule has 0 aliphatic heterocycles. The summed E-state index contributed by atoms with van der Waals surface area (Å²) in [5.41, 5.74) is 0.603. The molecule has 1 heterocycles. The van der Waals surface area contributed by atoms with Crippen LogP contribution in [-0.4, -0.2) is 14.7 Å². The highest BCUT2D eigenvalue weighted by Gasteiger charge is 2.28. The maximum Gasteiger partial charge on any atom is 0.329 e. The van der Waals surface area contributed by atoms with Crippen molar-refractivity contribution in [3.8, 4) is 5.69 Å². The summed E-state index contributed by atoms with van der Waals surface area (Å²) in [7, 11) is 0. The van der Waals surface area contributed by atoms with Gasteiger partial charge in [-0.1, -0.05) is 48.7 Å². The molecule has 0 radical (unpaired) electrons. The Hall–Kier alpha value is -1.30. The normalized spacial score (nSPS) is 11.1. The topological polar surface area (TPSA) is 61.0 Å². The van der Waals surface area contributed by atoms with Gasteiger partial charge in [0.05, 0.1) is 15.6 Å². The number of nitrogens with zero attached hydrogens (tertiary/aromatic N) is 3. The molecule has 0 unspecified atom stereocenters. The van der Waals surface area contributed by atoms with E-state index in [1.165, 1.54) is 10.7 Å². The van der Waals surface area contributed by atoms with E-state index >= 15 is 0 Å². The number of nitro groups is 1. The van der Waals surface area contributed by atoms with Gasteiger partial charge in [-0.25, -0.2) is 4.68 Å². The average molecular weight is 349 g/mol. The molecule has 2 aromatic rings. The van der Waals surface area contributed by atoms with Crippen LogP contribution in [-0.2, 0) is 6.42 Å². The van der Waals surface area contributed by atoms with Gasteiger partial charge in [0, 0.05) is 11.4 Å². The third kappa shape index (κ3) is 3.31. The second kappa shape index (κ2) is 6.22. The first-order valence-electron chi connectivity index (χ1n) is 6.18. The van der Waals surface area contributed by atoms with Gasteiger partial charge in [-0.2, -0.15) is 5.10 Å². The van der Waals surface area contributed by atoms with Crippen LogP contribution in [0, 0.1) is 16.0 Å². The number of benzene rings is 1. The molecule has 0 saturated carbocycles. The number of hydrogen-bond donors (Lipinski definition) is 0. The SMILES string of the molecule is CC(C)Cc1nn(-c2ccc(Cl)cc2Cl)c(Cl)c1[N+](=O)[O-]. The first-order valence-corrected chi connectivity index (χ1v) is 7.31. The molecule has 21 heavy (non-hydrogen) atoms.